The van der Waals surface area contributed by atoms with Gasteiger partial charge in [-0.05, 0) is 72.1 Å². The molecule has 3 aromatic carbocycles. The summed E-state index contributed by atoms with van der Waals surface area (Å²) in [5, 5.41) is 1.55. The molecule has 2 heterocycles. The maximum atomic E-state index is 13.0. The van der Waals surface area contributed by atoms with Crippen molar-refractivity contribution in [2.45, 2.75) is 22.3 Å². The number of rotatable bonds is 5. The zero-order chi connectivity index (χ0) is 22.8. The molecule has 0 aliphatic carbocycles. The third-order valence-electron chi connectivity index (χ3n) is 6.33. The van der Waals surface area contributed by atoms with E-state index in [9.17, 15) is 4.39 Å². The van der Waals surface area contributed by atoms with E-state index in [0.717, 1.165) is 49.2 Å². The Morgan fingerprint density at radius 1 is 0.879 bits per heavy atom. The van der Waals surface area contributed by atoms with Gasteiger partial charge in [-0.3, -0.25) is 9.80 Å². The van der Waals surface area contributed by atoms with Gasteiger partial charge in [-0.2, -0.15) is 0 Å². The SMILES string of the molecule is Fc1ccc(OCCN2CCN([C@H]3Cc4ccc(Cl)cc4Sc4ccc(Cl)cc43)CC2)cc1. The molecular formula is C26H25Cl2FN2OS. The predicted molar refractivity (Wildman–Crippen MR) is 133 cm³/mol. The summed E-state index contributed by atoms with van der Waals surface area (Å²) >= 11 is 14.5. The lowest BCUT2D eigenvalue weighted by atomic mass is 9.96. The normalized spacial score (nSPS) is 18.9. The Labute approximate surface area is 208 Å². The van der Waals surface area contributed by atoms with Crippen LogP contribution in [0.2, 0.25) is 10.0 Å². The summed E-state index contributed by atoms with van der Waals surface area (Å²) < 4.78 is 18.8. The second kappa shape index (κ2) is 10.2. The molecule has 0 aromatic heterocycles. The van der Waals surface area contributed by atoms with Crippen LogP contribution < -0.4 is 4.74 Å². The Morgan fingerprint density at radius 2 is 1.61 bits per heavy atom. The summed E-state index contributed by atoms with van der Waals surface area (Å²) in [7, 11) is 0. The van der Waals surface area contributed by atoms with Crippen molar-refractivity contribution in [2.75, 3.05) is 39.3 Å². The summed E-state index contributed by atoms with van der Waals surface area (Å²) in [5.41, 5.74) is 2.63. The molecular weight excluding hydrogens is 478 g/mol. The van der Waals surface area contributed by atoms with E-state index in [4.69, 9.17) is 27.9 Å². The van der Waals surface area contributed by atoms with Crippen LogP contribution in [-0.2, 0) is 6.42 Å². The molecule has 0 saturated carbocycles. The third-order valence-corrected chi connectivity index (χ3v) is 7.99. The predicted octanol–water partition coefficient (Wildman–Crippen LogP) is 6.58. The lowest BCUT2D eigenvalue weighted by Crippen LogP contribution is -2.49. The first kappa shape index (κ1) is 23.0. The van der Waals surface area contributed by atoms with E-state index in [1.807, 2.05) is 12.1 Å². The highest BCUT2D eigenvalue weighted by atomic mass is 35.5. The van der Waals surface area contributed by atoms with Crippen molar-refractivity contribution in [1.82, 2.24) is 9.80 Å². The number of ether oxygens (including phenoxy) is 1. The van der Waals surface area contributed by atoms with Gasteiger partial charge < -0.3 is 4.74 Å². The molecule has 0 spiro atoms. The van der Waals surface area contributed by atoms with Crippen molar-refractivity contribution in [2.24, 2.45) is 0 Å². The summed E-state index contributed by atoms with van der Waals surface area (Å²) in [6.07, 6.45) is 0.945. The molecule has 1 saturated heterocycles. The quantitative estimate of drug-likeness (QED) is 0.391. The molecule has 0 radical (unpaired) electrons. The summed E-state index contributed by atoms with van der Waals surface area (Å²) in [6.45, 7) is 5.40. The molecule has 0 amide bonds. The van der Waals surface area contributed by atoms with Crippen LogP contribution in [0.25, 0.3) is 0 Å². The van der Waals surface area contributed by atoms with E-state index in [-0.39, 0.29) is 11.9 Å². The van der Waals surface area contributed by atoms with Crippen LogP contribution in [0.4, 0.5) is 4.39 Å². The first-order valence-corrected chi connectivity index (χ1v) is 12.7. The van der Waals surface area contributed by atoms with Crippen LogP contribution in [0.1, 0.15) is 17.2 Å². The molecule has 0 N–H and O–H groups in total. The number of nitrogens with zero attached hydrogens (tertiary/aromatic N) is 2. The van der Waals surface area contributed by atoms with E-state index in [1.165, 1.54) is 33.1 Å². The van der Waals surface area contributed by atoms with Crippen molar-refractivity contribution in [1.29, 1.82) is 0 Å². The molecule has 2 aliphatic heterocycles. The summed E-state index contributed by atoms with van der Waals surface area (Å²) in [5.74, 6) is 0.460. The highest BCUT2D eigenvalue weighted by molar-refractivity contribution is 7.99. The molecule has 0 unspecified atom stereocenters. The molecule has 1 fully saturated rings. The minimum Gasteiger partial charge on any atom is -0.492 e. The second-order valence-electron chi connectivity index (χ2n) is 8.44. The highest BCUT2D eigenvalue weighted by Crippen LogP contribution is 2.44. The van der Waals surface area contributed by atoms with Crippen LogP contribution in [0.15, 0.2) is 70.5 Å². The first-order chi connectivity index (χ1) is 16.0. The molecule has 7 heteroatoms. The molecule has 0 bridgehead atoms. The lowest BCUT2D eigenvalue weighted by Gasteiger charge is -2.39. The van der Waals surface area contributed by atoms with Crippen molar-refractivity contribution in [3.63, 3.8) is 0 Å². The van der Waals surface area contributed by atoms with Crippen LogP contribution in [-0.4, -0.2) is 49.1 Å². The number of fused-ring (bicyclic) bond motifs is 2. The summed E-state index contributed by atoms with van der Waals surface area (Å²) in [4.78, 5) is 7.49. The fourth-order valence-electron chi connectivity index (χ4n) is 4.55. The number of hydrogen-bond acceptors (Lipinski definition) is 4. The Balaban J connectivity index is 1.25. The van der Waals surface area contributed by atoms with Gasteiger partial charge >= 0.3 is 0 Å². The number of hydrogen-bond donors (Lipinski definition) is 0. The van der Waals surface area contributed by atoms with Crippen molar-refractivity contribution >= 4 is 35.0 Å². The summed E-state index contributed by atoms with van der Waals surface area (Å²) in [6, 6.07) is 18.9. The second-order valence-corrected chi connectivity index (χ2v) is 10.4. The van der Waals surface area contributed by atoms with E-state index in [2.05, 4.69) is 34.1 Å². The Bertz CT molecular complexity index is 1120. The Hall–Kier alpha value is -1.76. The Morgan fingerprint density at radius 3 is 2.39 bits per heavy atom. The number of piperazine rings is 1. The maximum Gasteiger partial charge on any atom is 0.123 e. The highest BCUT2D eigenvalue weighted by Gasteiger charge is 2.30. The van der Waals surface area contributed by atoms with Crippen LogP contribution in [0.3, 0.4) is 0 Å². The van der Waals surface area contributed by atoms with Gasteiger partial charge in [-0.15, -0.1) is 0 Å². The van der Waals surface area contributed by atoms with Gasteiger partial charge in [0.15, 0.2) is 0 Å². The molecule has 172 valence electrons. The standard InChI is InChI=1S/C26H25Cl2FN2OS/c27-19-3-8-25-23(16-19)24(15-18-1-2-20(28)17-26(18)33-25)31-11-9-30(10-12-31)13-14-32-22-6-4-21(29)5-7-22/h1-8,16-17,24H,9-15H2/t24-/m0/s1. The smallest absolute Gasteiger partial charge is 0.123 e. The topological polar surface area (TPSA) is 15.7 Å². The van der Waals surface area contributed by atoms with Gasteiger partial charge in [0.25, 0.3) is 0 Å². The zero-order valence-electron chi connectivity index (χ0n) is 18.1. The van der Waals surface area contributed by atoms with E-state index in [1.54, 1.807) is 23.9 Å². The minimum atomic E-state index is -0.246. The van der Waals surface area contributed by atoms with Crippen molar-refractivity contribution < 1.29 is 9.13 Å². The number of halogens is 3. The van der Waals surface area contributed by atoms with Gasteiger partial charge in [0.1, 0.15) is 18.2 Å². The largest absolute Gasteiger partial charge is 0.492 e. The van der Waals surface area contributed by atoms with E-state index < -0.39 is 0 Å². The van der Waals surface area contributed by atoms with Gasteiger partial charge in [-0.25, -0.2) is 4.39 Å². The fourth-order valence-corrected chi connectivity index (χ4v) is 6.12. The molecule has 5 rings (SSSR count). The zero-order valence-corrected chi connectivity index (χ0v) is 20.5. The van der Waals surface area contributed by atoms with Gasteiger partial charge in [0.05, 0.1) is 0 Å². The molecule has 3 nitrogen and oxygen atoms in total. The maximum absolute atomic E-state index is 13.0. The minimum absolute atomic E-state index is 0.246. The van der Waals surface area contributed by atoms with Gasteiger partial charge in [0, 0.05) is 58.6 Å². The van der Waals surface area contributed by atoms with Gasteiger partial charge in [-0.1, -0.05) is 41.0 Å². The number of benzene rings is 3. The first-order valence-electron chi connectivity index (χ1n) is 11.2. The molecule has 33 heavy (non-hydrogen) atoms. The monoisotopic (exact) mass is 502 g/mol. The fraction of sp³-hybridized carbons (Fsp3) is 0.308. The van der Waals surface area contributed by atoms with Crippen molar-refractivity contribution in [3.05, 3.63) is 87.7 Å². The average Bonchev–Trinajstić information content (AvgIpc) is 2.97. The van der Waals surface area contributed by atoms with Gasteiger partial charge in [0.2, 0.25) is 0 Å². The van der Waals surface area contributed by atoms with Crippen molar-refractivity contribution in [3.8, 4) is 5.75 Å². The molecule has 3 aromatic rings. The molecule has 1 atom stereocenters. The van der Waals surface area contributed by atoms with Crippen LogP contribution in [0, 0.1) is 5.82 Å². The average molecular weight is 503 g/mol. The molecule has 2 aliphatic rings. The third kappa shape index (κ3) is 5.50. The van der Waals surface area contributed by atoms with Crippen LogP contribution >= 0.6 is 35.0 Å². The lowest BCUT2D eigenvalue weighted by molar-refractivity contribution is 0.0850. The van der Waals surface area contributed by atoms with E-state index >= 15 is 0 Å². The Kier molecular flexibility index (Phi) is 7.14. The van der Waals surface area contributed by atoms with E-state index in [0.29, 0.717) is 12.4 Å². The van der Waals surface area contributed by atoms with Crippen LogP contribution in [0.5, 0.6) is 5.75 Å².